The van der Waals surface area contributed by atoms with Crippen molar-refractivity contribution in [2.24, 2.45) is 0 Å². The highest BCUT2D eigenvalue weighted by molar-refractivity contribution is 5.99. The number of pyridine rings is 1. The van der Waals surface area contributed by atoms with Crippen molar-refractivity contribution in [3.05, 3.63) is 42.1 Å². The second-order valence-electron chi connectivity index (χ2n) is 11.9. The van der Waals surface area contributed by atoms with Crippen LogP contribution in [0.25, 0.3) is 11.3 Å². The Morgan fingerprint density at radius 3 is 2.50 bits per heavy atom. The minimum Gasteiger partial charge on any atom is -0.493 e. The maximum absolute atomic E-state index is 13.8. The van der Waals surface area contributed by atoms with E-state index in [2.05, 4.69) is 15.1 Å². The summed E-state index contributed by atoms with van der Waals surface area (Å²) in [6, 6.07) is 8.84. The molecule has 12 heteroatoms. The van der Waals surface area contributed by atoms with E-state index in [9.17, 15) is 22.8 Å². The number of amides is 3. The van der Waals surface area contributed by atoms with Crippen LogP contribution < -0.4 is 15.0 Å². The van der Waals surface area contributed by atoms with Gasteiger partial charge in [0.1, 0.15) is 11.8 Å². The number of nitrogens with one attached hydrogen (secondary N) is 1. The zero-order valence-electron chi connectivity index (χ0n) is 25.8. The Labute approximate surface area is 257 Å². The van der Waals surface area contributed by atoms with Gasteiger partial charge in [0.05, 0.1) is 18.0 Å². The van der Waals surface area contributed by atoms with Crippen LogP contribution in [0, 0.1) is 0 Å². The van der Waals surface area contributed by atoms with Crippen LogP contribution in [0.1, 0.15) is 56.4 Å². The largest absolute Gasteiger partial charge is 0.493 e. The first-order valence-corrected chi connectivity index (χ1v) is 15.7. The average molecular weight is 617 g/mol. The summed E-state index contributed by atoms with van der Waals surface area (Å²) in [7, 11) is 2.02. The lowest BCUT2D eigenvalue weighted by molar-refractivity contribution is -0.183. The van der Waals surface area contributed by atoms with Crippen molar-refractivity contribution in [2.45, 2.75) is 70.3 Å². The minimum absolute atomic E-state index is 0.00378. The lowest BCUT2D eigenvalue weighted by Crippen LogP contribution is -2.61. The Bertz CT molecular complexity index is 1320. The van der Waals surface area contributed by atoms with E-state index in [1.165, 1.54) is 0 Å². The van der Waals surface area contributed by atoms with Gasteiger partial charge < -0.3 is 29.7 Å². The number of likely N-dealkylation sites (tertiary alicyclic amines) is 2. The third kappa shape index (κ3) is 6.90. The third-order valence-electron chi connectivity index (χ3n) is 8.94. The number of benzene rings is 1. The van der Waals surface area contributed by atoms with Gasteiger partial charge in [0.25, 0.3) is 5.91 Å². The van der Waals surface area contributed by atoms with Crippen molar-refractivity contribution >= 4 is 17.6 Å². The molecule has 0 radical (unpaired) electrons. The molecule has 0 bridgehead atoms. The number of carbonyl (C=O) groups excluding carboxylic acids is 2. The molecule has 0 unspecified atom stereocenters. The fourth-order valence-electron chi connectivity index (χ4n) is 6.64. The van der Waals surface area contributed by atoms with Gasteiger partial charge in [-0.25, -0.2) is 9.78 Å². The SMILES string of the molecule is CCOc1ccccc1-c1ccc(N2CCN(C(=O)N3CCCC[C@H]3C(F)(F)F)C[C@H]2CC)c(C(=O)N[C@@H]2CCN(C)C2)n1. The van der Waals surface area contributed by atoms with E-state index in [1.807, 2.05) is 57.3 Å². The number of piperazine rings is 1. The predicted molar refractivity (Wildman–Crippen MR) is 163 cm³/mol. The monoisotopic (exact) mass is 616 g/mol. The van der Waals surface area contributed by atoms with Crippen molar-refractivity contribution in [3.8, 4) is 17.0 Å². The number of rotatable bonds is 7. The van der Waals surface area contributed by atoms with E-state index in [0.717, 1.165) is 30.0 Å². The molecule has 0 spiro atoms. The van der Waals surface area contributed by atoms with Crippen molar-refractivity contribution < 1.29 is 27.5 Å². The first-order chi connectivity index (χ1) is 21.1. The van der Waals surface area contributed by atoms with Crippen LogP contribution in [0.3, 0.4) is 0 Å². The molecular formula is C32H43F3N6O3. The number of halogens is 3. The average Bonchev–Trinajstić information content (AvgIpc) is 3.44. The van der Waals surface area contributed by atoms with Gasteiger partial charge in [-0.05, 0) is 76.9 Å². The van der Waals surface area contributed by atoms with Crippen molar-refractivity contribution in [1.29, 1.82) is 0 Å². The van der Waals surface area contributed by atoms with E-state index in [0.29, 0.717) is 49.5 Å². The maximum Gasteiger partial charge on any atom is 0.408 e. The van der Waals surface area contributed by atoms with E-state index in [4.69, 9.17) is 9.72 Å². The van der Waals surface area contributed by atoms with Gasteiger partial charge in [-0.2, -0.15) is 13.2 Å². The molecule has 1 aromatic carbocycles. The number of hydrogen-bond acceptors (Lipinski definition) is 6. The molecule has 240 valence electrons. The van der Waals surface area contributed by atoms with Gasteiger partial charge in [-0.15, -0.1) is 0 Å². The number of anilines is 1. The van der Waals surface area contributed by atoms with Crippen LogP contribution in [0.15, 0.2) is 36.4 Å². The highest BCUT2D eigenvalue weighted by atomic mass is 19.4. The standard InChI is InChI=1S/C32H43F3N6O3/c1-4-23-21-39(31(43)41-16-9-8-12-28(41)32(33,34)35)18-19-40(23)26-14-13-25(24-10-6-7-11-27(24)44-5-2)37-29(26)30(42)36-22-15-17-38(3)20-22/h6-7,10-11,13-14,22-23,28H,4-5,8-9,12,15-21H2,1-3H3,(H,36,42)/t22-,23-,28+/m1/s1. The second-order valence-corrected chi connectivity index (χ2v) is 11.9. The van der Waals surface area contributed by atoms with Gasteiger partial charge in [-0.1, -0.05) is 19.1 Å². The smallest absolute Gasteiger partial charge is 0.408 e. The summed E-state index contributed by atoms with van der Waals surface area (Å²) in [4.78, 5) is 39.0. The molecule has 3 aliphatic rings. The first-order valence-electron chi connectivity index (χ1n) is 15.7. The van der Waals surface area contributed by atoms with Crippen molar-refractivity contribution in [3.63, 3.8) is 0 Å². The molecule has 1 N–H and O–H groups in total. The molecule has 5 rings (SSSR count). The normalized spacial score (nSPS) is 23.1. The number of ether oxygens (including phenoxy) is 1. The van der Waals surface area contributed by atoms with Gasteiger partial charge in [0.2, 0.25) is 0 Å². The topological polar surface area (TPSA) is 81.2 Å². The fourth-order valence-corrected chi connectivity index (χ4v) is 6.64. The number of hydrogen-bond donors (Lipinski definition) is 1. The lowest BCUT2D eigenvalue weighted by atomic mass is 10.0. The summed E-state index contributed by atoms with van der Waals surface area (Å²) in [5.41, 5.74) is 2.32. The molecule has 3 fully saturated rings. The highest BCUT2D eigenvalue weighted by Gasteiger charge is 2.47. The second kappa shape index (κ2) is 13.6. The number of para-hydroxylation sites is 1. The summed E-state index contributed by atoms with van der Waals surface area (Å²) >= 11 is 0. The summed E-state index contributed by atoms with van der Waals surface area (Å²) in [6.45, 7) is 7.02. The molecule has 44 heavy (non-hydrogen) atoms. The summed E-state index contributed by atoms with van der Waals surface area (Å²) < 4.78 is 47.2. The van der Waals surface area contributed by atoms with Crippen LogP contribution in [0.2, 0.25) is 0 Å². The molecule has 1 aromatic heterocycles. The summed E-state index contributed by atoms with van der Waals surface area (Å²) in [6.07, 6.45) is -2.01. The molecule has 9 nitrogen and oxygen atoms in total. The Morgan fingerprint density at radius 2 is 1.80 bits per heavy atom. The Kier molecular flexibility index (Phi) is 9.87. The molecule has 3 aliphatic heterocycles. The quantitative estimate of drug-likeness (QED) is 0.471. The van der Waals surface area contributed by atoms with Crippen LogP contribution >= 0.6 is 0 Å². The van der Waals surface area contributed by atoms with E-state index >= 15 is 0 Å². The number of nitrogens with zero attached hydrogens (tertiary/aromatic N) is 5. The fraction of sp³-hybridized carbons (Fsp3) is 0.594. The van der Waals surface area contributed by atoms with Gasteiger partial charge in [0, 0.05) is 50.4 Å². The van der Waals surface area contributed by atoms with Crippen molar-refractivity contribution in [2.75, 3.05) is 57.8 Å². The van der Waals surface area contributed by atoms with E-state index in [-0.39, 0.29) is 49.7 Å². The number of alkyl halides is 3. The molecular weight excluding hydrogens is 573 g/mol. The third-order valence-corrected chi connectivity index (χ3v) is 8.94. The van der Waals surface area contributed by atoms with Gasteiger partial charge in [0.15, 0.2) is 5.69 Å². The summed E-state index contributed by atoms with van der Waals surface area (Å²) in [5.74, 6) is 0.401. The Morgan fingerprint density at radius 1 is 1.00 bits per heavy atom. The Hall–Kier alpha value is -3.54. The van der Waals surface area contributed by atoms with Crippen LogP contribution in [0.4, 0.5) is 23.7 Å². The number of piperidine rings is 1. The summed E-state index contributed by atoms with van der Waals surface area (Å²) in [5, 5.41) is 3.17. The molecule has 3 amide bonds. The van der Waals surface area contributed by atoms with E-state index in [1.54, 1.807) is 4.90 Å². The molecule has 3 atom stereocenters. The molecule has 4 heterocycles. The number of likely N-dealkylation sites (N-methyl/N-ethyl adjacent to an activating group) is 1. The van der Waals surface area contributed by atoms with Crippen molar-refractivity contribution in [1.82, 2.24) is 25.0 Å². The van der Waals surface area contributed by atoms with Gasteiger partial charge >= 0.3 is 12.2 Å². The highest BCUT2D eigenvalue weighted by Crippen LogP contribution is 2.35. The maximum atomic E-state index is 13.8. The molecule has 3 saturated heterocycles. The van der Waals surface area contributed by atoms with Crippen LogP contribution in [-0.4, -0.2) is 109 Å². The Balaban J connectivity index is 1.43. The predicted octanol–water partition coefficient (Wildman–Crippen LogP) is 5.02. The minimum atomic E-state index is -4.45. The zero-order chi connectivity index (χ0) is 31.4. The zero-order valence-corrected chi connectivity index (χ0v) is 25.8. The van der Waals surface area contributed by atoms with Crippen LogP contribution in [-0.2, 0) is 0 Å². The molecule has 0 saturated carbocycles. The van der Waals surface area contributed by atoms with Crippen LogP contribution in [0.5, 0.6) is 5.75 Å². The first kappa shape index (κ1) is 31.9. The van der Waals surface area contributed by atoms with E-state index < -0.39 is 18.2 Å². The lowest BCUT2D eigenvalue weighted by Gasteiger charge is -2.46. The number of carbonyl (C=O) groups is 2. The van der Waals surface area contributed by atoms with Gasteiger partial charge in [-0.3, -0.25) is 4.79 Å². The number of urea groups is 1. The number of aromatic nitrogens is 1. The molecule has 0 aliphatic carbocycles. The molecule has 2 aromatic rings.